The summed E-state index contributed by atoms with van der Waals surface area (Å²) in [7, 11) is 2.52. The second-order valence-electron chi connectivity index (χ2n) is 6.83. The zero-order chi connectivity index (χ0) is 19.6. The minimum absolute atomic E-state index is 0.186. The molecule has 146 valence electrons. The molecular weight excluding hydrogens is 370 g/mol. The van der Waals surface area contributed by atoms with Crippen molar-refractivity contribution in [1.29, 1.82) is 0 Å². The number of hydrogen-bond donors (Lipinski definition) is 1. The molecule has 0 amide bonds. The number of aromatic amines is 1. The first kappa shape index (κ1) is 19.5. The van der Waals surface area contributed by atoms with E-state index in [-0.39, 0.29) is 22.2 Å². The molecule has 0 aliphatic carbocycles. The molecule has 2 aromatic heterocycles. The van der Waals surface area contributed by atoms with Crippen LogP contribution in [0, 0.1) is 5.92 Å². The Morgan fingerprint density at radius 3 is 2.78 bits per heavy atom. The van der Waals surface area contributed by atoms with Crippen molar-refractivity contribution in [1.82, 2.24) is 14.9 Å². The number of hydrogen-bond acceptors (Lipinski definition) is 8. The number of likely N-dealkylation sites (tertiary alicyclic amines) is 1. The molecular formula is C18H23N3O5S. The Kier molecular flexibility index (Phi) is 5.91. The number of H-pyrrole nitrogens is 1. The van der Waals surface area contributed by atoms with Gasteiger partial charge in [-0.1, -0.05) is 6.92 Å². The quantitative estimate of drug-likeness (QED) is 0.772. The minimum atomic E-state index is -0.595. The number of thiophene rings is 1. The molecule has 27 heavy (non-hydrogen) atoms. The number of methoxy groups -OCH3 is 2. The Bertz CT molecular complexity index is 920. The van der Waals surface area contributed by atoms with E-state index < -0.39 is 11.9 Å². The first-order chi connectivity index (χ1) is 12.9. The van der Waals surface area contributed by atoms with Crippen LogP contribution in [0.25, 0.3) is 10.2 Å². The Labute approximate surface area is 160 Å². The number of esters is 2. The van der Waals surface area contributed by atoms with Crippen LogP contribution in [0.1, 0.15) is 40.8 Å². The number of nitrogens with one attached hydrogen (secondary N) is 1. The number of aromatic nitrogens is 2. The minimum Gasteiger partial charge on any atom is -0.469 e. The summed E-state index contributed by atoms with van der Waals surface area (Å²) in [5.41, 5.74) is -0.0500. The average molecular weight is 393 g/mol. The summed E-state index contributed by atoms with van der Waals surface area (Å²) in [6.45, 7) is 4.70. The van der Waals surface area contributed by atoms with Crippen molar-refractivity contribution in [2.75, 3.05) is 27.3 Å². The van der Waals surface area contributed by atoms with E-state index in [2.05, 4.69) is 26.5 Å². The smallest absolute Gasteiger partial charge is 0.348 e. The molecule has 8 nitrogen and oxygen atoms in total. The fraction of sp³-hybridized carbons (Fsp3) is 0.556. The number of carbonyl (C=O) groups is 2. The van der Waals surface area contributed by atoms with Crippen molar-refractivity contribution in [3.8, 4) is 0 Å². The summed E-state index contributed by atoms with van der Waals surface area (Å²) in [5, 5.41) is 0.251. The molecule has 1 fully saturated rings. The normalized spacial score (nSPS) is 17.8. The number of fused-ring (bicyclic) bond motifs is 1. The van der Waals surface area contributed by atoms with Gasteiger partial charge in [0.25, 0.3) is 5.56 Å². The molecule has 0 saturated carbocycles. The molecule has 1 saturated heterocycles. The molecule has 1 aliphatic heterocycles. The summed E-state index contributed by atoms with van der Waals surface area (Å²) in [6.07, 6.45) is 2.15. The van der Waals surface area contributed by atoms with Gasteiger partial charge in [0, 0.05) is 12.1 Å². The lowest BCUT2D eigenvalue weighted by atomic mass is 10.0. The molecule has 3 rings (SSSR count). The summed E-state index contributed by atoms with van der Waals surface area (Å²) in [4.78, 5) is 46.8. The van der Waals surface area contributed by atoms with Gasteiger partial charge in [0.1, 0.15) is 15.5 Å². The van der Waals surface area contributed by atoms with Gasteiger partial charge in [-0.2, -0.15) is 0 Å². The molecule has 9 heteroatoms. The molecule has 1 atom stereocenters. The van der Waals surface area contributed by atoms with Crippen LogP contribution >= 0.6 is 11.3 Å². The SMILES string of the molecule is COC(=O)Cc1c(C(=O)OC)sc2nc(CN3CCC[C@H](C)C3)[nH]c(=O)c12. The van der Waals surface area contributed by atoms with Crippen LogP contribution in [-0.2, 0) is 27.2 Å². The second-order valence-corrected chi connectivity index (χ2v) is 7.83. The van der Waals surface area contributed by atoms with Crippen molar-refractivity contribution in [3.05, 3.63) is 26.6 Å². The van der Waals surface area contributed by atoms with E-state index in [4.69, 9.17) is 4.74 Å². The highest BCUT2D eigenvalue weighted by Crippen LogP contribution is 2.29. The zero-order valence-electron chi connectivity index (χ0n) is 15.7. The summed E-state index contributed by atoms with van der Waals surface area (Å²) in [5.74, 6) is 0.0470. The molecule has 3 heterocycles. The topological polar surface area (TPSA) is 102 Å². The van der Waals surface area contributed by atoms with Crippen LogP contribution in [0.2, 0.25) is 0 Å². The summed E-state index contributed by atoms with van der Waals surface area (Å²) < 4.78 is 9.49. The van der Waals surface area contributed by atoms with Crippen molar-refractivity contribution in [3.63, 3.8) is 0 Å². The van der Waals surface area contributed by atoms with E-state index in [1.54, 1.807) is 0 Å². The molecule has 1 aliphatic rings. The maximum atomic E-state index is 12.7. The molecule has 2 aromatic rings. The molecule has 0 bridgehead atoms. The van der Waals surface area contributed by atoms with Gasteiger partial charge in [0.05, 0.1) is 32.6 Å². The highest BCUT2D eigenvalue weighted by Gasteiger charge is 2.25. The number of carbonyl (C=O) groups excluding carboxylic acids is 2. The fourth-order valence-corrected chi connectivity index (χ4v) is 4.60. The van der Waals surface area contributed by atoms with Gasteiger partial charge < -0.3 is 14.5 Å². The number of rotatable bonds is 5. The molecule has 0 aromatic carbocycles. The molecule has 1 N–H and O–H groups in total. The standard InChI is InChI=1S/C18H23N3O5S/c1-10-5-4-6-21(8-10)9-12-19-16(23)14-11(7-13(22)25-2)15(18(24)26-3)27-17(14)20-12/h10H,4-9H2,1-3H3,(H,19,20,23)/t10-/m0/s1. The number of ether oxygens (including phenoxy) is 2. The van der Waals surface area contributed by atoms with Crippen molar-refractivity contribution in [2.45, 2.75) is 32.7 Å². The first-order valence-electron chi connectivity index (χ1n) is 8.85. The predicted octanol–water partition coefficient (Wildman–Crippen LogP) is 1.72. The third-order valence-electron chi connectivity index (χ3n) is 4.74. The van der Waals surface area contributed by atoms with Crippen LogP contribution in [0.5, 0.6) is 0 Å². The summed E-state index contributed by atoms with van der Waals surface area (Å²) in [6, 6.07) is 0. The molecule has 0 unspecified atom stereocenters. The van der Waals surface area contributed by atoms with Crippen molar-refractivity contribution >= 4 is 33.5 Å². The third kappa shape index (κ3) is 4.19. The van der Waals surface area contributed by atoms with Crippen molar-refractivity contribution < 1.29 is 19.1 Å². The summed E-state index contributed by atoms with van der Waals surface area (Å²) >= 11 is 1.07. The van der Waals surface area contributed by atoms with Gasteiger partial charge in [0.2, 0.25) is 0 Å². The van der Waals surface area contributed by atoms with Crippen LogP contribution in [0.15, 0.2) is 4.79 Å². The first-order valence-corrected chi connectivity index (χ1v) is 9.66. The van der Waals surface area contributed by atoms with Gasteiger partial charge in [-0.3, -0.25) is 14.5 Å². The predicted molar refractivity (Wildman–Crippen MR) is 101 cm³/mol. The largest absolute Gasteiger partial charge is 0.469 e. The van der Waals surface area contributed by atoms with Crippen LogP contribution in [0.3, 0.4) is 0 Å². The fourth-order valence-electron chi connectivity index (χ4n) is 3.47. The van der Waals surface area contributed by atoms with E-state index in [1.807, 2.05) is 0 Å². The maximum absolute atomic E-state index is 12.7. The van der Waals surface area contributed by atoms with E-state index in [0.717, 1.165) is 30.8 Å². The van der Waals surface area contributed by atoms with Crippen LogP contribution in [0.4, 0.5) is 0 Å². The number of nitrogens with zero attached hydrogens (tertiary/aromatic N) is 2. The Morgan fingerprint density at radius 2 is 2.11 bits per heavy atom. The van der Waals surface area contributed by atoms with Crippen LogP contribution < -0.4 is 5.56 Å². The van der Waals surface area contributed by atoms with Gasteiger partial charge in [-0.25, -0.2) is 9.78 Å². The lowest BCUT2D eigenvalue weighted by Crippen LogP contribution is -2.34. The van der Waals surface area contributed by atoms with Gasteiger partial charge >= 0.3 is 11.9 Å². The van der Waals surface area contributed by atoms with Gasteiger partial charge in [-0.15, -0.1) is 11.3 Å². The Hall–Kier alpha value is -2.26. The van der Waals surface area contributed by atoms with E-state index >= 15 is 0 Å². The highest BCUT2D eigenvalue weighted by atomic mass is 32.1. The molecule has 0 spiro atoms. The highest BCUT2D eigenvalue weighted by molar-refractivity contribution is 7.20. The average Bonchev–Trinajstić information content (AvgIpc) is 2.99. The van der Waals surface area contributed by atoms with Crippen LogP contribution in [-0.4, -0.2) is 54.1 Å². The zero-order valence-corrected chi connectivity index (χ0v) is 16.5. The van der Waals surface area contributed by atoms with Gasteiger partial charge in [-0.05, 0) is 25.3 Å². The molecule has 0 radical (unpaired) electrons. The maximum Gasteiger partial charge on any atom is 0.348 e. The van der Waals surface area contributed by atoms with E-state index in [1.165, 1.54) is 20.6 Å². The lowest BCUT2D eigenvalue weighted by Gasteiger charge is -2.30. The third-order valence-corrected chi connectivity index (χ3v) is 5.85. The van der Waals surface area contributed by atoms with E-state index in [9.17, 15) is 14.4 Å². The number of piperidine rings is 1. The lowest BCUT2D eigenvalue weighted by molar-refractivity contribution is -0.139. The van der Waals surface area contributed by atoms with E-state index in [0.29, 0.717) is 28.7 Å². The Balaban J connectivity index is 2.00. The monoisotopic (exact) mass is 393 g/mol. The Morgan fingerprint density at radius 1 is 1.33 bits per heavy atom. The second kappa shape index (κ2) is 8.18. The van der Waals surface area contributed by atoms with Crippen molar-refractivity contribution in [2.24, 2.45) is 5.92 Å². The van der Waals surface area contributed by atoms with Gasteiger partial charge in [0.15, 0.2) is 0 Å².